The second-order valence-corrected chi connectivity index (χ2v) is 9.27. The van der Waals surface area contributed by atoms with E-state index >= 15 is 4.39 Å². The number of aromatic nitrogens is 4. The van der Waals surface area contributed by atoms with Gasteiger partial charge in [0.1, 0.15) is 17.3 Å². The third-order valence-electron chi connectivity index (χ3n) is 6.77. The number of rotatable bonds is 4. The molecule has 2 aromatic carbocycles. The molecule has 1 saturated heterocycles. The summed E-state index contributed by atoms with van der Waals surface area (Å²) in [5.74, 6) is -0.814. The molecule has 35 heavy (non-hydrogen) atoms. The molecule has 0 radical (unpaired) electrons. The fourth-order valence-corrected chi connectivity index (χ4v) is 5.21. The molecular weight excluding hydrogens is 469 g/mol. The van der Waals surface area contributed by atoms with E-state index in [1.165, 1.54) is 18.2 Å². The number of amides is 1. The molecule has 1 aliphatic heterocycles. The van der Waals surface area contributed by atoms with E-state index in [9.17, 15) is 9.90 Å². The molecule has 0 atom stereocenters. The highest BCUT2D eigenvalue weighted by molar-refractivity contribution is 6.36. The number of carbonyl (C=O) groups excluding carboxylic acids is 1. The first kappa shape index (κ1) is 23.1. The third-order valence-corrected chi connectivity index (χ3v) is 7.26. The second-order valence-electron chi connectivity index (χ2n) is 8.89. The Labute approximate surface area is 206 Å². The van der Waals surface area contributed by atoms with Crippen LogP contribution >= 0.6 is 11.6 Å². The molecule has 2 N–H and O–H groups in total. The van der Waals surface area contributed by atoms with Crippen LogP contribution in [0.4, 0.5) is 4.39 Å². The molecule has 4 aromatic rings. The van der Waals surface area contributed by atoms with Gasteiger partial charge in [0.25, 0.3) is 0 Å². The SMILES string of the molecule is C=CC(=O)N1CCC(n2nc(-c3ccc(O)cc3F)c(-c3c(Cl)c(C)cc4[nH]ncc34)c2C)CC1. The number of fused-ring (bicyclic) bond motifs is 1. The minimum absolute atomic E-state index is 0.0277. The lowest BCUT2D eigenvalue weighted by atomic mass is 9.94. The molecule has 0 unspecified atom stereocenters. The number of nitrogens with one attached hydrogen (secondary N) is 1. The van der Waals surface area contributed by atoms with Crippen LogP contribution in [0.2, 0.25) is 5.02 Å². The number of nitrogens with zero attached hydrogens (tertiary/aromatic N) is 4. The molecule has 1 amide bonds. The number of carbonyl (C=O) groups is 1. The summed E-state index contributed by atoms with van der Waals surface area (Å²) in [5.41, 5.74) is 4.70. The van der Waals surface area contributed by atoms with Gasteiger partial charge >= 0.3 is 0 Å². The average molecular weight is 494 g/mol. The van der Waals surface area contributed by atoms with Gasteiger partial charge in [-0.15, -0.1) is 0 Å². The smallest absolute Gasteiger partial charge is 0.245 e. The second kappa shape index (κ2) is 8.85. The highest BCUT2D eigenvalue weighted by atomic mass is 35.5. The largest absolute Gasteiger partial charge is 0.508 e. The third kappa shape index (κ3) is 3.87. The van der Waals surface area contributed by atoms with Crippen LogP contribution in [0.1, 0.15) is 30.1 Å². The molecule has 0 spiro atoms. The molecule has 9 heteroatoms. The molecule has 3 heterocycles. The highest BCUT2D eigenvalue weighted by Crippen LogP contribution is 2.45. The maximum absolute atomic E-state index is 15.1. The van der Waals surface area contributed by atoms with Crippen molar-refractivity contribution in [2.24, 2.45) is 0 Å². The number of halogens is 2. The number of aromatic amines is 1. The number of phenols is 1. The predicted molar refractivity (Wildman–Crippen MR) is 134 cm³/mol. The number of piperidine rings is 1. The van der Waals surface area contributed by atoms with Gasteiger partial charge in [-0.1, -0.05) is 18.2 Å². The monoisotopic (exact) mass is 493 g/mol. The predicted octanol–water partition coefficient (Wildman–Crippen LogP) is 5.56. The number of phenolic OH excluding ortho intramolecular Hbond substituents is 1. The van der Waals surface area contributed by atoms with E-state index in [1.807, 2.05) is 24.6 Å². The fourth-order valence-electron chi connectivity index (χ4n) is 4.96. The van der Waals surface area contributed by atoms with Crippen molar-refractivity contribution in [1.29, 1.82) is 0 Å². The average Bonchev–Trinajstić information content (AvgIpc) is 3.44. The van der Waals surface area contributed by atoms with E-state index < -0.39 is 5.82 Å². The normalized spacial score (nSPS) is 14.6. The van der Waals surface area contributed by atoms with Crippen molar-refractivity contribution in [1.82, 2.24) is 24.9 Å². The van der Waals surface area contributed by atoms with Crippen molar-refractivity contribution in [2.45, 2.75) is 32.7 Å². The molecule has 0 bridgehead atoms. The Balaban J connectivity index is 1.71. The molecule has 0 saturated carbocycles. The summed E-state index contributed by atoms with van der Waals surface area (Å²) in [7, 11) is 0. The number of benzene rings is 2. The van der Waals surface area contributed by atoms with Crippen LogP contribution in [0, 0.1) is 19.7 Å². The first-order valence-corrected chi connectivity index (χ1v) is 11.8. The van der Waals surface area contributed by atoms with Gasteiger partial charge in [-0.3, -0.25) is 14.6 Å². The lowest BCUT2D eigenvalue weighted by Crippen LogP contribution is -2.38. The van der Waals surface area contributed by atoms with Crippen LogP contribution in [0.15, 0.2) is 43.1 Å². The zero-order valence-corrected chi connectivity index (χ0v) is 20.2. The minimum Gasteiger partial charge on any atom is -0.508 e. The van der Waals surface area contributed by atoms with Gasteiger partial charge in [-0.25, -0.2) is 4.39 Å². The van der Waals surface area contributed by atoms with E-state index in [0.717, 1.165) is 39.4 Å². The lowest BCUT2D eigenvalue weighted by Gasteiger charge is -2.32. The number of aromatic hydroxyl groups is 1. The van der Waals surface area contributed by atoms with Crippen LogP contribution in [0.3, 0.4) is 0 Å². The van der Waals surface area contributed by atoms with Crippen molar-refractivity contribution < 1.29 is 14.3 Å². The summed E-state index contributed by atoms with van der Waals surface area (Å²) in [5, 5.41) is 23.2. The summed E-state index contributed by atoms with van der Waals surface area (Å²) in [6.45, 7) is 8.62. The van der Waals surface area contributed by atoms with Crippen LogP contribution in [0.25, 0.3) is 33.3 Å². The van der Waals surface area contributed by atoms with Crippen LogP contribution < -0.4 is 0 Å². The summed E-state index contributed by atoms with van der Waals surface area (Å²) in [6.07, 6.45) is 4.46. The number of hydrogen-bond acceptors (Lipinski definition) is 4. The van der Waals surface area contributed by atoms with Crippen molar-refractivity contribution >= 4 is 28.4 Å². The Morgan fingerprint density at radius 3 is 2.69 bits per heavy atom. The quantitative estimate of drug-likeness (QED) is 0.364. The van der Waals surface area contributed by atoms with Gasteiger partial charge < -0.3 is 10.0 Å². The van der Waals surface area contributed by atoms with Gasteiger partial charge in [0.15, 0.2) is 0 Å². The molecule has 1 fully saturated rings. The van der Waals surface area contributed by atoms with E-state index in [4.69, 9.17) is 16.7 Å². The van der Waals surface area contributed by atoms with Crippen LogP contribution in [-0.4, -0.2) is 49.0 Å². The maximum atomic E-state index is 15.1. The topological polar surface area (TPSA) is 87.0 Å². The van der Waals surface area contributed by atoms with E-state index in [0.29, 0.717) is 36.6 Å². The maximum Gasteiger partial charge on any atom is 0.245 e. The van der Waals surface area contributed by atoms with E-state index in [1.54, 1.807) is 11.1 Å². The van der Waals surface area contributed by atoms with Crippen molar-refractivity contribution in [3.05, 3.63) is 65.2 Å². The molecule has 0 aliphatic carbocycles. The minimum atomic E-state index is -0.575. The Kier molecular flexibility index (Phi) is 5.84. The van der Waals surface area contributed by atoms with Crippen LogP contribution in [0.5, 0.6) is 5.75 Å². The molecule has 7 nitrogen and oxygen atoms in total. The van der Waals surface area contributed by atoms with Crippen molar-refractivity contribution in [2.75, 3.05) is 13.1 Å². The van der Waals surface area contributed by atoms with E-state index in [2.05, 4.69) is 16.8 Å². The summed E-state index contributed by atoms with van der Waals surface area (Å²) in [4.78, 5) is 13.8. The molecular formula is C26H25ClFN5O2. The van der Waals surface area contributed by atoms with Gasteiger partial charge in [0, 0.05) is 46.9 Å². The van der Waals surface area contributed by atoms with Gasteiger partial charge in [0.05, 0.1) is 22.8 Å². The molecule has 180 valence electrons. The fraction of sp³-hybridized carbons (Fsp3) is 0.269. The zero-order valence-electron chi connectivity index (χ0n) is 19.5. The van der Waals surface area contributed by atoms with E-state index in [-0.39, 0.29) is 23.3 Å². The Morgan fingerprint density at radius 2 is 2.00 bits per heavy atom. The molecule has 2 aromatic heterocycles. The van der Waals surface area contributed by atoms with Crippen LogP contribution in [-0.2, 0) is 4.79 Å². The summed E-state index contributed by atoms with van der Waals surface area (Å²) in [6, 6.07) is 6.02. The van der Waals surface area contributed by atoms with Gasteiger partial charge in [0.2, 0.25) is 5.91 Å². The Hall–Kier alpha value is -3.65. The Bertz CT molecular complexity index is 1470. The standard InChI is InChI=1S/C26H25ClFN5O2/c1-4-22(35)32-9-7-16(8-10-32)33-15(3)23(26(31-33)18-6-5-17(34)12-20(18)28)24-19-13-29-30-21(19)11-14(2)25(24)27/h4-6,11-13,16,34H,1,7-10H2,2-3H3,(H,29,30). The Morgan fingerprint density at radius 1 is 1.26 bits per heavy atom. The van der Waals surface area contributed by atoms with Gasteiger partial charge in [-0.05, 0) is 56.5 Å². The zero-order chi connectivity index (χ0) is 24.9. The molecule has 1 aliphatic rings. The van der Waals surface area contributed by atoms with Crippen molar-refractivity contribution in [3.8, 4) is 28.1 Å². The number of aryl methyl sites for hydroxylation is 1. The first-order chi connectivity index (χ1) is 16.8. The first-order valence-electron chi connectivity index (χ1n) is 11.4. The number of likely N-dealkylation sites (tertiary alicyclic amines) is 1. The lowest BCUT2D eigenvalue weighted by molar-refractivity contribution is -0.127. The number of hydrogen-bond donors (Lipinski definition) is 2. The summed E-state index contributed by atoms with van der Waals surface area (Å²) >= 11 is 6.86. The highest BCUT2D eigenvalue weighted by Gasteiger charge is 2.30. The summed E-state index contributed by atoms with van der Waals surface area (Å²) < 4.78 is 17.0. The van der Waals surface area contributed by atoms with Gasteiger partial charge in [-0.2, -0.15) is 10.2 Å². The van der Waals surface area contributed by atoms with Crippen molar-refractivity contribution in [3.63, 3.8) is 0 Å². The number of H-pyrrole nitrogens is 1. The molecule has 5 rings (SSSR count).